The quantitative estimate of drug-likeness (QED) is 0.651. The molecular weight excluding hydrogens is 376 g/mol. The van der Waals surface area contributed by atoms with E-state index < -0.39 is 0 Å². The Hall–Kier alpha value is -3.14. The molecule has 0 aromatic carbocycles. The predicted molar refractivity (Wildman–Crippen MR) is 107 cm³/mol. The molecule has 1 aliphatic heterocycles. The highest BCUT2D eigenvalue weighted by molar-refractivity contribution is 7.19. The Morgan fingerprint density at radius 1 is 1.07 bits per heavy atom. The number of carbonyl (C=O) groups excluding carboxylic acids is 1. The van der Waals surface area contributed by atoms with Crippen molar-refractivity contribution in [2.24, 2.45) is 0 Å². The van der Waals surface area contributed by atoms with Crippen LogP contribution in [-0.4, -0.2) is 50.4 Å². The fourth-order valence-corrected chi connectivity index (χ4v) is 3.79. The summed E-state index contributed by atoms with van der Waals surface area (Å²) < 4.78 is 0. The Balaban J connectivity index is 1.25. The number of aromatic nitrogens is 5. The molecule has 1 saturated heterocycles. The van der Waals surface area contributed by atoms with Crippen LogP contribution in [0.4, 0.5) is 16.1 Å². The first-order chi connectivity index (χ1) is 13.8. The van der Waals surface area contributed by atoms with Gasteiger partial charge < -0.3 is 15.5 Å². The third kappa shape index (κ3) is 4.77. The van der Waals surface area contributed by atoms with E-state index in [1.54, 1.807) is 12.4 Å². The van der Waals surface area contributed by atoms with E-state index in [0.717, 1.165) is 37.4 Å². The zero-order valence-electron chi connectivity index (χ0n) is 15.2. The average molecular weight is 396 g/mol. The molecule has 1 amide bonds. The number of nitrogens with zero attached hydrogens (tertiary/aromatic N) is 6. The van der Waals surface area contributed by atoms with Crippen LogP contribution in [0, 0.1) is 0 Å². The van der Waals surface area contributed by atoms with E-state index in [2.05, 4.69) is 40.9 Å². The van der Waals surface area contributed by atoms with Gasteiger partial charge in [0.2, 0.25) is 16.2 Å². The first-order valence-electron chi connectivity index (χ1n) is 9.09. The highest BCUT2D eigenvalue weighted by atomic mass is 32.1. The van der Waals surface area contributed by atoms with E-state index in [-0.39, 0.29) is 12.3 Å². The van der Waals surface area contributed by atoms with Gasteiger partial charge in [-0.15, -0.1) is 15.3 Å². The van der Waals surface area contributed by atoms with Gasteiger partial charge in [0.05, 0.1) is 6.42 Å². The maximum atomic E-state index is 12.1. The van der Waals surface area contributed by atoms with E-state index in [1.807, 2.05) is 30.3 Å². The van der Waals surface area contributed by atoms with Crippen molar-refractivity contribution in [1.82, 2.24) is 25.4 Å². The molecule has 4 rings (SSSR count). The maximum Gasteiger partial charge on any atom is 0.232 e. The summed E-state index contributed by atoms with van der Waals surface area (Å²) in [5, 5.41) is 23.7. The summed E-state index contributed by atoms with van der Waals surface area (Å²) in [5.41, 5.74) is 0.720. The van der Waals surface area contributed by atoms with Crippen LogP contribution in [0.15, 0.2) is 42.7 Å². The number of carbonyl (C=O) groups is 1. The number of hydrogen-bond acceptors (Lipinski definition) is 9. The lowest BCUT2D eigenvalue weighted by atomic mass is 10.1. The molecule has 1 fully saturated rings. The first kappa shape index (κ1) is 18.2. The summed E-state index contributed by atoms with van der Waals surface area (Å²) >= 11 is 1.34. The minimum absolute atomic E-state index is 0.154. The number of rotatable bonds is 6. The lowest BCUT2D eigenvalue weighted by molar-refractivity contribution is -0.115. The van der Waals surface area contributed by atoms with Gasteiger partial charge >= 0.3 is 0 Å². The van der Waals surface area contributed by atoms with Crippen LogP contribution in [0.1, 0.15) is 18.5 Å². The minimum atomic E-state index is -0.154. The number of amides is 1. The van der Waals surface area contributed by atoms with Gasteiger partial charge in [-0.2, -0.15) is 5.10 Å². The minimum Gasteiger partial charge on any atom is -0.357 e. The van der Waals surface area contributed by atoms with E-state index >= 15 is 0 Å². The van der Waals surface area contributed by atoms with Gasteiger partial charge in [-0.1, -0.05) is 17.4 Å². The Bertz CT molecular complexity index is 896. The number of nitrogens with one attached hydrogen (secondary N) is 2. The molecule has 2 N–H and O–H groups in total. The van der Waals surface area contributed by atoms with E-state index in [9.17, 15) is 4.79 Å². The summed E-state index contributed by atoms with van der Waals surface area (Å²) in [6.45, 7) is 1.81. The SMILES string of the molecule is O=C(Cc1ccccn1)Nc1nnc(NC2CCN(c3cccnn3)CC2)s1. The zero-order chi connectivity index (χ0) is 19.2. The van der Waals surface area contributed by atoms with Crippen LogP contribution >= 0.6 is 11.3 Å². The van der Waals surface area contributed by atoms with E-state index in [1.165, 1.54) is 11.3 Å². The Kier molecular flexibility index (Phi) is 5.66. The standard InChI is InChI=1S/C18H20N8OS/c27-16(12-14-4-1-2-8-19-14)22-18-25-24-17(28-18)21-13-6-10-26(11-7-13)15-5-3-9-20-23-15/h1-5,8-9,13H,6-7,10-12H2,(H,21,24)(H,22,25,27). The van der Waals surface area contributed by atoms with Crippen LogP contribution in [0.5, 0.6) is 0 Å². The van der Waals surface area contributed by atoms with Crippen molar-refractivity contribution in [2.45, 2.75) is 25.3 Å². The molecule has 0 aliphatic carbocycles. The van der Waals surface area contributed by atoms with Crippen molar-refractivity contribution in [3.05, 3.63) is 48.4 Å². The van der Waals surface area contributed by atoms with Crippen molar-refractivity contribution in [3.63, 3.8) is 0 Å². The van der Waals surface area contributed by atoms with Crippen molar-refractivity contribution in [2.75, 3.05) is 28.6 Å². The number of anilines is 3. The van der Waals surface area contributed by atoms with E-state index in [0.29, 0.717) is 16.3 Å². The Morgan fingerprint density at radius 2 is 1.93 bits per heavy atom. The van der Waals surface area contributed by atoms with Crippen molar-refractivity contribution < 1.29 is 4.79 Å². The van der Waals surface area contributed by atoms with Crippen molar-refractivity contribution in [1.29, 1.82) is 0 Å². The van der Waals surface area contributed by atoms with Gasteiger partial charge in [0.15, 0.2) is 5.82 Å². The van der Waals surface area contributed by atoms with Crippen LogP contribution in [0.2, 0.25) is 0 Å². The van der Waals surface area contributed by atoms with Gasteiger partial charge in [0, 0.05) is 37.2 Å². The average Bonchev–Trinajstić information content (AvgIpc) is 3.16. The van der Waals surface area contributed by atoms with Gasteiger partial charge in [0.1, 0.15) is 0 Å². The molecular formula is C18H20N8OS. The molecule has 3 aromatic heterocycles. The molecule has 0 spiro atoms. The summed E-state index contributed by atoms with van der Waals surface area (Å²) in [5.74, 6) is 0.758. The number of pyridine rings is 1. The summed E-state index contributed by atoms with van der Waals surface area (Å²) in [7, 11) is 0. The second-order valence-corrected chi connectivity index (χ2v) is 7.42. The fraction of sp³-hybridized carbons (Fsp3) is 0.333. The summed E-state index contributed by atoms with van der Waals surface area (Å²) in [6.07, 6.45) is 5.50. The van der Waals surface area contributed by atoms with Crippen molar-refractivity contribution >= 4 is 33.3 Å². The molecule has 0 bridgehead atoms. The monoisotopic (exact) mass is 396 g/mol. The molecule has 4 heterocycles. The van der Waals surface area contributed by atoms with Crippen LogP contribution < -0.4 is 15.5 Å². The molecule has 28 heavy (non-hydrogen) atoms. The molecule has 144 valence electrons. The van der Waals surface area contributed by atoms with Crippen LogP contribution in [0.25, 0.3) is 0 Å². The Morgan fingerprint density at radius 3 is 2.68 bits per heavy atom. The molecule has 0 saturated carbocycles. The van der Waals surface area contributed by atoms with Gasteiger partial charge in [-0.25, -0.2) is 0 Å². The zero-order valence-corrected chi connectivity index (χ0v) is 16.0. The van der Waals surface area contributed by atoms with Crippen LogP contribution in [-0.2, 0) is 11.2 Å². The molecule has 3 aromatic rings. The molecule has 0 radical (unpaired) electrons. The number of piperidine rings is 1. The topological polar surface area (TPSA) is 109 Å². The third-order valence-corrected chi connectivity index (χ3v) is 5.21. The fourth-order valence-electron chi connectivity index (χ4n) is 3.05. The highest BCUT2D eigenvalue weighted by Gasteiger charge is 2.21. The van der Waals surface area contributed by atoms with E-state index in [4.69, 9.17) is 0 Å². The van der Waals surface area contributed by atoms with Gasteiger partial charge in [-0.05, 0) is 37.1 Å². The van der Waals surface area contributed by atoms with Crippen LogP contribution in [0.3, 0.4) is 0 Å². The summed E-state index contributed by atoms with van der Waals surface area (Å²) in [6, 6.07) is 9.70. The predicted octanol–water partition coefficient (Wildman–Crippen LogP) is 1.99. The lowest BCUT2D eigenvalue weighted by Gasteiger charge is -2.32. The summed E-state index contributed by atoms with van der Waals surface area (Å²) in [4.78, 5) is 18.5. The molecule has 0 atom stereocenters. The second-order valence-electron chi connectivity index (χ2n) is 6.45. The maximum absolute atomic E-state index is 12.1. The Labute approximate surface area is 166 Å². The molecule has 0 unspecified atom stereocenters. The largest absolute Gasteiger partial charge is 0.357 e. The first-order valence-corrected chi connectivity index (χ1v) is 9.90. The molecule has 1 aliphatic rings. The van der Waals surface area contributed by atoms with Crippen molar-refractivity contribution in [3.8, 4) is 0 Å². The highest BCUT2D eigenvalue weighted by Crippen LogP contribution is 2.24. The lowest BCUT2D eigenvalue weighted by Crippen LogP contribution is -2.39. The smallest absolute Gasteiger partial charge is 0.232 e. The van der Waals surface area contributed by atoms with Gasteiger partial charge in [0.25, 0.3) is 0 Å². The van der Waals surface area contributed by atoms with Gasteiger partial charge in [-0.3, -0.25) is 9.78 Å². The number of hydrogen-bond donors (Lipinski definition) is 2. The normalized spacial score (nSPS) is 14.6. The second kappa shape index (κ2) is 8.70. The molecule has 9 nitrogen and oxygen atoms in total. The molecule has 10 heteroatoms. The third-order valence-electron chi connectivity index (χ3n) is 4.44.